The molecule has 0 aromatic heterocycles. The van der Waals surface area contributed by atoms with E-state index in [1.165, 1.54) is 0 Å². The second-order valence-corrected chi connectivity index (χ2v) is 3.48. The van der Waals surface area contributed by atoms with E-state index in [1.807, 2.05) is 43.5 Å². The van der Waals surface area contributed by atoms with Gasteiger partial charge in [-0.15, -0.1) is 6.58 Å². The first-order chi connectivity index (χ1) is 7.36. The predicted molar refractivity (Wildman–Crippen MR) is 64.2 cm³/mol. The highest BCUT2D eigenvalue weighted by Gasteiger charge is 2.05. The van der Waals surface area contributed by atoms with E-state index in [9.17, 15) is 0 Å². The Morgan fingerprint density at radius 3 is 2.73 bits per heavy atom. The molecule has 0 saturated heterocycles. The topological polar surface area (TPSA) is 21.3 Å². The summed E-state index contributed by atoms with van der Waals surface area (Å²) in [5.41, 5.74) is 0. The van der Waals surface area contributed by atoms with Crippen LogP contribution in [-0.2, 0) is 0 Å². The van der Waals surface area contributed by atoms with Gasteiger partial charge in [-0.1, -0.05) is 24.3 Å². The monoisotopic (exact) mass is 205 g/mol. The van der Waals surface area contributed by atoms with Gasteiger partial charge in [0.25, 0.3) is 0 Å². The summed E-state index contributed by atoms with van der Waals surface area (Å²) in [6, 6.07) is 10.3. The molecule has 15 heavy (non-hydrogen) atoms. The fourth-order valence-electron chi connectivity index (χ4n) is 1.34. The van der Waals surface area contributed by atoms with E-state index in [0.717, 1.165) is 18.6 Å². The van der Waals surface area contributed by atoms with Crippen molar-refractivity contribution in [2.24, 2.45) is 0 Å². The summed E-state index contributed by atoms with van der Waals surface area (Å²) in [6.07, 6.45) is 4.02. The molecule has 0 radical (unpaired) electrons. The van der Waals surface area contributed by atoms with Crippen LogP contribution in [0, 0.1) is 0 Å². The molecular formula is C13H19NO. The zero-order valence-corrected chi connectivity index (χ0v) is 9.28. The maximum absolute atomic E-state index is 5.66. The smallest absolute Gasteiger partial charge is 0.119 e. The Labute approximate surface area is 92.0 Å². The minimum Gasteiger partial charge on any atom is -0.492 e. The van der Waals surface area contributed by atoms with Crippen LogP contribution in [0.3, 0.4) is 0 Å². The summed E-state index contributed by atoms with van der Waals surface area (Å²) >= 11 is 0. The summed E-state index contributed by atoms with van der Waals surface area (Å²) in [7, 11) is 1.96. The molecule has 0 aliphatic carbocycles. The molecule has 2 nitrogen and oxygen atoms in total. The highest BCUT2D eigenvalue weighted by Crippen LogP contribution is 2.09. The molecule has 1 N–H and O–H groups in total. The van der Waals surface area contributed by atoms with Gasteiger partial charge in [-0.05, 0) is 32.0 Å². The lowest BCUT2D eigenvalue weighted by atomic mass is 10.2. The van der Waals surface area contributed by atoms with Crippen LogP contribution < -0.4 is 10.1 Å². The Kier molecular flexibility index (Phi) is 5.56. The molecule has 0 spiro atoms. The van der Waals surface area contributed by atoms with Crippen LogP contribution in [0.25, 0.3) is 0 Å². The normalized spacial score (nSPS) is 12.1. The van der Waals surface area contributed by atoms with Crippen molar-refractivity contribution in [2.45, 2.75) is 18.9 Å². The molecule has 0 bridgehead atoms. The van der Waals surface area contributed by atoms with E-state index >= 15 is 0 Å². The lowest BCUT2D eigenvalue weighted by molar-refractivity contribution is 0.264. The number of allylic oxidation sites excluding steroid dienone is 1. The van der Waals surface area contributed by atoms with Crippen LogP contribution in [0.1, 0.15) is 12.8 Å². The highest BCUT2D eigenvalue weighted by atomic mass is 16.5. The summed E-state index contributed by atoms with van der Waals surface area (Å²) < 4.78 is 5.66. The van der Waals surface area contributed by atoms with Crippen LogP contribution in [0.2, 0.25) is 0 Å². The van der Waals surface area contributed by atoms with Crippen molar-refractivity contribution in [3.63, 3.8) is 0 Å². The van der Waals surface area contributed by atoms with Crippen LogP contribution in [0.4, 0.5) is 0 Å². The molecule has 0 amide bonds. The van der Waals surface area contributed by atoms with Crippen molar-refractivity contribution in [2.75, 3.05) is 13.7 Å². The average Bonchev–Trinajstić information content (AvgIpc) is 2.31. The number of benzene rings is 1. The van der Waals surface area contributed by atoms with Crippen molar-refractivity contribution < 1.29 is 4.74 Å². The van der Waals surface area contributed by atoms with Crippen LogP contribution >= 0.6 is 0 Å². The van der Waals surface area contributed by atoms with Crippen molar-refractivity contribution in [1.82, 2.24) is 5.32 Å². The van der Waals surface area contributed by atoms with Crippen molar-refractivity contribution in [3.8, 4) is 5.75 Å². The maximum atomic E-state index is 5.66. The summed E-state index contributed by atoms with van der Waals surface area (Å²) in [5, 5.41) is 3.23. The van der Waals surface area contributed by atoms with Crippen LogP contribution in [0.5, 0.6) is 5.75 Å². The first kappa shape index (κ1) is 11.8. The molecule has 2 heteroatoms. The molecule has 0 aliphatic rings. The van der Waals surface area contributed by atoms with Gasteiger partial charge in [0.2, 0.25) is 0 Å². The number of likely N-dealkylation sites (N-methyl/N-ethyl adjacent to an activating group) is 1. The maximum Gasteiger partial charge on any atom is 0.119 e. The fourth-order valence-corrected chi connectivity index (χ4v) is 1.34. The summed E-state index contributed by atoms with van der Waals surface area (Å²) in [5.74, 6) is 0.927. The molecule has 0 saturated carbocycles. The number of ether oxygens (including phenoxy) is 1. The van der Waals surface area contributed by atoms with E-state index < -0.39 is 0 Å². The molecular weight excluding hydrogens is 186 g/mol. The minimum atomic E-state index is 0.392. The van der Waals surface area contributed by atoms with Crippen molar-refractivity contribution in [3.05, 3.63) is 43.0 Å². The Balaban J connectivity index is 2.31. The molecule has 0 fully saturated rings. The highest BCUT2D eigenvalue weighted by molar-refractivity contribution is 5.20. The van der Waals surface area contributed by atoms with Gasteiger partial charge in [-0.2, -0.15) is 0 Å². The van der Waals surface area contributed by atoms with Crippen LogP contribution in [0.15, 0.2) is 43.0 Å². The third-order valence-electron chi connectivity index (χ3n) is 2.32. The number of nitrogens with one attached hydrogen (secondary N) is 1. The van der Waals surface area contributed by atoms with Gasteiger partial charge in [0.05, 0.1) is 0 Å². The Morgan fingerprint density at radius 1 is 1.40 bits per heavy atom. The van der Waals surface area contributed by atoms with E-state index in [0.29, 0.717) is 12.6 Å². The van der Waals surface area contributed by atoms with Crippen LogP contribution in [-0.4, -0.2) is 19.7 Å². The van der Waals surface area contributed by atoms with Crippen molar-refractivity contribution in [1.29, 1.82) is 0 Å². The first-order valence-corrected chi connectivity index (χ1v) is 5.33. The largest absolute Gasteiger partial charge is 0.492 e. The molecule has 1 aromatic carbocycles. The second kappa shape index (κ2) is 7.07. The fraction of sp³-hybridized carbons (Fsp3) is 0.385. The zero-order chi connectivity index (χ0) is 10.9. The number of hydrogen-bond acceptors (Lipinski definition) is 2. The molecule has 1 atom stereocenters. The second-order valence-electron chi connectivity index (χ2n) is 3.48. The summed E-state index contributed by atoms with van der Waals surface area (Å²) in [6.45, 7) is 4.42. The SMILES string of the molecule is C=CCCC(COc1ccccc1)NC. The van der Waals surface area contributed by atoms with E-state index in [1.54, 1.807) is 0 Å². The lowest BCUT2D eigenvalue weighted by Crippen LogP contribution is -2.31. The van der Waals surface area contributed by atoms with Gasteiger partial charge >= 0.3 is 0 Å². The van der Waals surface area contributed by atoms with Gasteiger partial charge in [0.1, 0.15) is 12.4 Å². The standard InChI is InChI=1S/C13H19NO/c1-3-4-8-12(14-2)11-15-13-9-6-5-7-10-13/h3,5-7,9-10,12,14H,1,4,8,11H2,2H3. The van der Waals surface area contributed by atoms with Gasteiger partial charge in [-0.25, -0.2) is 0 Å². The van der Waals surface area contributed by atoms with E-state index in [2.05, 4.69) is 11.9 Å². The molecule has 0 heterocycles. The average molecular weight is 205 g/mol. The number of rotatable bonds is 7. The van der Waals surface area contributed by atoms with Gasteiger partial charge in [0.15, 0.2) is 0 Å². The van der Waals surface area contributed by atoms with E-state index in [-0.39, 0.29) is 0 Å². The quantitative estimate of drug-likeness (QED) is 0.691. The van der Waals surface area contributed by atoms with Gasteiger partial charge in [0, 0.05) is 6.04 Å². The minimum absolute atomic E-state index is 0.392. The molecule has 82 valence electrons. The molecule has 1 rings (SSSR count). The Hall–Kier alpha value is -1.28. The first-order valence-electron chi connectivity index (χ1n) is 5.33. The zero-order valence-electron chi connectivity index (χ0n) is 9.28. The lowest BCUT2D eigenvalue weighted by Gasteiger charge is -2.16. The van der Waals surface area contributed by atoms with E-state index in [4.69, 9.17) is 4.74 Å². The van der Waals surface area contributed by atoms with Gasteiger partial charge in [-0.3, -0.25) is 0 Å². The van der Waals surface area contributed by atoms with Crippen molar-refractivity contribution >= 4 is 0 Å². The third-order valence-corrected chi connectivity index (χ3v) is 2.32. The molecule has 0 aliphatic heterocycles. The Morgan fingerprint density at radius 2 is 2.13 bits per heavy atom. The predicted octanol–water partition coefficient (Wildman–Crippen LogP) is 2.62. The summed E-state index contributed by atoms with van der Waals surface area (Å²) in [4.78, 5) is 0. The number of hydrogen-bond donors (Lipinski definition) is 1. The molecule has 1 aromatic rings. The number of para-hydroxylation sites is 1. The molecule has 1 unspecified atom stereocenters. The van der Waals surface area contributed by atoms with Gasteiger partial charge < -0.3 is 10.1 Å². The third kappa shape index (κ3) is 4.66. The Bertz CT molecular complexity index is 271.